The maximum Gasteiger partial charge on any atom is 0.333 e. The van der Waals surface area contributed by atoms with Crippen molar-refractivity contribution in [3.05, 3.63) is 40.2 Å². The Kier molecular flexibility index (Phi) is 4.50. The lowest BCUT2D eigenvalue weighted by Gasteiger charge is -2.03. The predicted molar refractivity (Wildman–Crippen MR) is 61.7 cm³/mol. The highest BCUT2D eigenvalue weighted by molar-refractivity contribution is 6.30. The zero-order valence-electron chi connectivity index (χ0n) is 9.09. The van der Waals surface area contributed by atoms with Crippen LogP contribution in [-0.2, 0) is 9.53 Å². The second-order valence-electron chi connectivity index (χ2n) is 3.19. The van der Waals surface area contributed by atoms with Gasteiger partial charge in [-0.25, -0.2) is 9.18 Å². The van der Waals surface area contributed by atoms with Crippen LogP contribution in [0.15, 0.2) is 23.8 Å². The van der Waals surface area contributed by atoms with Crippen molar-refractivity contribution in [2.45, 2.75) is 13.8 Å². The predicted octanol–water partition coefficient (Wildman–Crippen LogP) is 3.45. The molecule has 0 aliphatic heterocycles. The van der Waals surface area contributed by atoms with E-state index in [1.807, 2.05) is 0 Å². The number of carbonyl (C=O) groups is 1. The number of ether oxygens (including phenoxy) is 1. The van der Waals surface area contributed by atoms with Crippen LogP contribution in [0, 0.1) is 5.82 Å². The lowest BCUT2D eigenvalue weighted by Crippen LogP contribution is -2.05. The lowest BCUT2D eigenvalue weighted by atomic mass is 10.1. The molecule has 0 unspecified atom stereocenters. The van der Waals surface area contributed by atoms with Gasteiger partial charge in [-0.1, -0.05) is 23.7 Å². The van der Waals surface area contributed by atoms with E-state index in [4.69, 9.17) is 16.3 Å². The van der Waals surface area contributed by atoms with Crippen molar-refractivity contribution in [2.24, 2.45) is 0 Å². The number of rotatable bonds is 3. The summed E-state index contributed by atoms with van der Waals surface area (Å²) >= 11 is 5.62. The molecule has 2 nitrogen and oxygen atoms in total. The summed E-state index contributed by atoms with van der Waals surface area (Å²) in [6.07, 6.45) is 1.42. The third kappa shape index (κ3) is 3.07. The number of esters is 1. The third-order valence-electron chi connectivity index (χ3n) is 1.95. The van der Waals surface area contributed by atoms with Crippen LogP contribution in [0.4, 0.5) is 4.39 Å². The molecule has 0 saturated heterocycles. The number of halogens is 2. The second kappa shape index (κ2) is 5.66. The SMILES string of the molecule is CCOC(=O)/C(C)=C/c1cccc(Cl)c1F. The third-order valence-corrected chi connectivity index (χ3v) is 2.24. The molecular formula is C12H12ClFO2. The Bertz CT molecular complexity index is 427. The minimum Gasteiger partial charge on any atom is -0.463 e. The first-order chi connectivity index (χ1) is 7.56. The minimum atomic E-state index is -0.534. The van der Waals surface area contributed by atoms with E-state index in [9.17, 15) is 9.18 Å². The molecule has 0 aromatic heterocycles. The topological polar surface area (TPSA) is 26.3 Å². The summed E-state index contributed by atoms with van der Waals surface area (Å²) in [5.74, 6) is -0.991. The Hall–Kier alpha value is -1.35. The Labute approximate surface area is 98.7 Å². The van der Waals surface area contributed by atoms with Gasteiger partial charge in [-0.15, -0.1) is 0 Å². The van der Waals surface area contributed by atoms with Gasteiger partial charge < -0.3 is 4.74 Å². The largest absolute Gasteiger partial charge is 0.463 e. The van der Waals surface area contributed by atoms with Crippen LogP contribution in [0.1, 0.15) is 19.4 Å². The van der Waals surface area contributed by atoms with Gasteiger partial charge in [-0.05, 0) is 26.0 Å². The fourth-order valence-corrected chi connectivity index (χ4v) is 1.35. The number of benzene rings is 1. The van der Waals surface area contributed by atoms with Crippen LogP contribution in [0.25, 0.3) is 6.08 Å². The zero-order valence-corrected chi connectivity index (χ0v) is 9.84. The normalized spacial score (nSPS) is 11.4. The highest BCUT2D eigenvalue weighted by Crippen LogP contribution is 2.20. The van der Waals surface area contributed by atoms with Crippen molar-refractivity contribution >= 4 is 23.6 Å². The lowest BCUT2D eigenvalue weighted by molar-refractivity contribution is -0.138. The first-order valence-corrected chi connectivity index (χ1v) is 5.23. The van der Waals surface area contributed by atoms with Gasteiger partial charge in [0.1, 0.15) is 5.82 Å². The van der Waals surface area contributed by atoms with Gasteiger partial charge >= 0.3 is 5.97 Å². The first-order valence-electron chi connectivity index (χ1n) is 4.85. The van der Waals surface area contributed by atoms with Gasteiger partial charge in [0.05, 0.1) is 11.6 Å². The molecule has 0 atom stereocenters. The Morgan fingerprint density at radius 1 is 1.56 bits per heavy atom. The molecule has 0 N–H and O–H groups in total. The molecule has 1 rings (SSSR count). The molecule has 16 heavy (non-hydrogen) atoms. The standard InChI is InChI=1S/C12H12ClFO2/c1-3-16-12(15)8(2)7-9-5-4-6-10(13)11(9)14/h4-7H,3H2,1-2H3/b8-7+. The molecule has 4 heteroatoms. The maximum absolute atomic E-state index is 13.5. The molecule has 0 amide bonds. The van der Waals surface area contributed by atoms with Crippen LogP contribution in [0.3, 0.4) is 0 Å². The molecule has 0 saturated carbocycles. The molecule has 0 radical (unpaired) electrons. The van der Waals surface area contributed by atoms with E-state index in [2.05, 4.69) is 0 Å². The molecule has 1 aromatic rings. The average Bonchev–Trinajstić information content (AvgIpc) is 2.25. The van der Waals surface area contributed by atoms with E-state index in [1.165, 1.54) is 12.1 Å². The molecule has 0 aliphatic rings. The molecule has 0 spiro atoms. The summed E-state index contributed by atoms with van der Waals surface area (Å²) in [4.78, 5) is 11.3. The number of carbonyl (C=O) groups excluding carboxylic acids is 1. The summed E-state index contributed by atoms with van der Waals surface area (Å²) < 4.78 is 18.3. The summed E-state index contributed by atoms with van der Waals surface area (Å²) in [5.41, 5.74) is 0.612. The van der Waals surface area contributed by atoms with Crippen LogP contribution in [0.5, 0.6) is 0 Å². The van der Waals surface area contributed by atoms with Crippen molar-refractivity contribution in [3.63, 3.8) is 0 Å². The highest BCUT2D eigenvalue weighted by atomic mass is 35.5. The molecule has 86 valence electrons. The van der Waals surface area contributed by atoms with Gasteiger partial charge in [-0.2, -0.15) is 0 Å². The minimum absolute atomic E-state index is 0.0328. The van der Waals surface area contributed by atoms with Crippen molar-refractivity contribution < 1.29 is 13.9 Å². The average molecular weight is 243 g/mol. The van der Waals surface area contributed by atoms with Crippen molar-refractivity contribution in [3.8, 4) is 0 Å². The molecule has 1 aromatic carbocycles. The zero-order chi connectivity index (χ0) is 12.1. The van der Waals surface area contributed by atoms with E-state index in [0.29, 0.717) is 12.2 Å². The van der Waals surface area contributed by atoms with Gasteiger partial charge in [0, 0.05) is 11.1 Å². The van der Waals surface area contributed by atoms with E-state index in [0.717, 1.165) is 0 Å². The van der Waals surface area contributed by atoms with Crippen molar-refractivity contribution in [2.75, 3.05) is 6.61 Å². The summed E-state index contributed by atoms with van der Waals surface area (Å²) in [5, 5.41) is 0.0328. The highest BCUT2D eigenvalue weighted by Gasteiger charge is 2.08. The second-order valence-corrected chi connectivity index (χ2v) is 3.60. The number of hydrogen-bond acceptors (Lipinski definition) is 2. The molecule has 0 heterocycles. The smallest absolute Gasteiger partial charge is 0.333 e. The summed E-state index contributed by atoms with van der Waals surface area (Å²) in [7, 11) is 0. The van der Waals surface area contributed by atoms with Crippen LogP contribution < -0.4 is 0 Å². The van der Waals surface area contributed by atoms with Crippen molar-refractivity contribution in [1.29, 1.82) is 0 Å². The molecule has 0 fully saturated rings. The molecular weight excluding hydrogens is 231 g/mol. The fourth-order valence-electron chi connectivity index (χ4n) is 1.17. The summed E-state index contributed by atoms with van der Waals surface area (Å²) in [6.45, 7) is 3.57. The Balaban J connectivity index is 2.98. The monoisotopic (exact) mass is 242 g/mol. The fraction of sp³-hybridized carbons (Fsp3) is 0.250. The summed E-state index contributed by atoms with van der Waals surface area (Å²) in [6, 6.07) is 4.62. The first kappa shape index (κ1) is 12.7. The Morgan fingerprint density at radius 2 is 2.25 bits per heavy atom. The van der Waals surface area contributed by atoms with E-state index >= 15 is 0 Å². The van der Waals surface area contributed by atoms with E-state index < -0.39 is 11.8 Å². The number of hydrogen-bond donors (Lipinski definition) is 0. The van der Waals surface area contributed by atoms with Gasteiger partial charge in [0.25, 0.3) is 0 Å². The van der Waals surface area contributed by atoms with Crippen LogP contribution >= 0.6 is 11.6 Å². The quantitative estimate of drug-likeness (QED) is 0.600. The van der Waals surface area contributed by atoms with Gasteiger partial charge in [0.2, 0.25) is 0 Å². The maximum atomic E-state index is 13.5. The van der Waals surface area contributed by atoms with E-state index in [1.54, 1.807) is 26.0 Å². The molecule has 0 aliphatic carbocycles. The van der Waals surface area contributed by atoms with Crippen LogP contribution in [-0.4, -0.2) is 12.6 Å². The molecule has 0 bridgehead atoms. The van der Waals surface area contributed by atoms with Crippen molar-refractivity contribution in [1.82, 2.24) is 0 Å². The Morgan fingerprint density at radius 3 is 2.88 bits per heavy atom. The van der Waals surface area contributed by atoms with Crippen LogP contribution in [0.2, 0.25) is 5.02 Å². The van der Waals surface area contributed by atoms with E-state index in [-0.39, 0.29) is 10.6 Å². The van der Waals surface area contributed by atoms with Gasteiger partial charge in [0.15, 0.2) is 0 Å². The van der Waals surface area contributed by atoms with Gasteiger partial charge in [-0.3, -0.25) is 0 Å².